The van der Waals surface area contributed by atoms with Gasteiger partial charge in [-0.25, -0.2) is 0 Å². The average molecular weight is 245 g/mol. The van der Waals surface area contributed by atoms with E-state index in [4.69, 9.17) is 5.73 Å². The molecule has 1 nitrogen and oxygen atoms in total. The lowest BCUT2D eigenvalue weighted by Crippen LogP contribution is -2.13. The van der Waals surface area contributed by atoms with Crippen LogP contribution in [0.5, 0.6) is 0 Å². The number of hydrogen-bond acceptors (Lipinski definition) is 2. The fraction of sp³-hybridized carbons (Fsp3) is 0.333. The molecular weight excluding hydrogens is 226 g/mol. The Balaban J connectivity index is 1.99. The van der Waals surface area contributed by atoms with Crippen LogP contribution in [0.1, 0.15) is 28.3 Å². The molecule has 0 radical (unpaired) electrons. The predicted molar refractivity (Wildman–Crippen MR) is 75.6 cm³/mol. The van der Waals surface area contributed by atoms with Gasteiger partial charge in [-0.15, -0.1) is 11.3 Å². The van der Waals surface area contributed by atoms with Gasteiger partial charge >= 0.3 is 0 Å². The Labute approximate surface area is 107 Å². The maximum absolute atomic E-state index is 5.89. The Morgan fingerprint density at radius 2 is 1.94 bits per heavy atom. The molecule has 0 bridgehead atoms. The highest BCUT2D eigenvalue weighted by molar-refractivity contribution is 7.09. The Hall–Kier alpha value is -1.12. The summed E-state index contributed by atoms with van der Waals surface area (Å²) in [5.41, 5.74) is 8.56. The second-order valence-corrected chi connectivity index (χ2v) is 5.49. The summed E-state index contributed by atoms with van der Waals surface area (Å²) in [5, 5.41) is 2.14. The molecule has 90 valence electrons. The van der Waals surface area contributed by atoms with Gasteiger partial charge in [0.05, 0.1) is 0 Å². The molecule has 2 rings (SSSR count). The van der Waals surface area contributed by atoms with Crippen molar-refractivity contribution in [3.63, 3.8) is 0 Å². The summed E-state index contributed by atoms with van der Waals surface area (Å²) in [6.07, 6.45) is 2.27. The summed E-state index contributed by atoms with van der Waals surface area (Å²) in [4.78, 5) is 1.45. The van der Waals surface area contributed by atoms with Crippen LogP contribution in [0.3, 0.4) is 0 Å². The maximum Gasteiger partial charge on any atom is 0.00454 e. The molecule has 17 heavy (non-hydrogen) atoms. The summed E-state index contributed by atoms with van der Waals surface area (Å²) < 4.78 is 0. The van der Waals surface area contributed by atoms with Crippen LogP contribution in [0, 0.1) is 6.92 Å². The molecule has 0 amide bonds. The minimum atomic E-state index is 0.484. The zero-order chi connectivity index (χ0) is 12.1. The van der Waals surface area contributed by atoms with E-state index in [1.54, 1.807) is 0 Å². The van der Waals surface area contributed by atoms with E-state index in [1.807, 2.05) is 11.3 Å². The van der Waals surface area contributed by atoms with Crippen LogP contribution in [0.2, 0.25) is 0 Å². The lowest BCUT2D eigenvalue weighted by atomic mass is 9.93. The van der Waals surface area contributed by atoms with E-state index in [0.717, 1.165) is 19.4 Å². The Kier molecular flexibility index (Phi) is 4.35. The molecule has 0 aliphatic carbocycles. The highest BCUT2D eigenvalue weighted by Gasteiger charge is 2.09. The van der Waals surface area contributed by atoms with Gasteiger partial charge in [0.2, 0.25) is 0 Å². The highest BCUT2D eigenvalue weighted by atomic mass is 32.1. The van der Waals surface area contributed by atoms with Gasteiger partial charge in [0.1, 0.15) is 0 Å². The Bertz CT molecular complexity index is 430. The van der Waals surface area contributed by atoms with Gasteiger partial charge in [-0.05, 0) is 49.2 Å². The second kappa shape index (κ2) is 5.99. The number of rotatable bonds is 5. The lowest BCUT2D eigenvalue weighted by Gasteiger charge is -2.14. The molecule has 0 aliphatic rings. The first kappa shape index (κ1) is 12.3. The van der Waals surface area contributed by atoms with Gasteiger partial charge in [-0.2, -0.15) is 0 Å². The second-order valence-electron chi connectivity index (χ2n) is 4.46. The summed E-state index contributed by atoms with van der Waals surface area (Å²) in [7, 11) is 0. The van der Waals surface area contributed by atoms with Gasteiger partial charge in [0.25, 0.3) is 0 Å². The smallest absolute Gasteiger partial charge is 0.00454 e. The number of thiophene rings is 1. The van der Waals surface area contributed by atoms with Crippen molar-refractivity contribution in [2.45, 2.75) is 25.7 Å². The minimum Gasteiger partial charge on any atom is -0.330 e. The third kappa shape index (κ3) is 3.42. The van der Waals surface area contributed by atoms with Gasteiger partial charge in [0, 0.05) is 4.88 Å². The fourth-order valence-corrected chi connectivity index (χ4v) is 2.76. The van der Waals surface area contributed by atoms with Crippen LogP contribution in [-0.4, -0.2) is 6.54 Å². The van der Waals surface area contributed by atoms with Crippen molar-refractivity contribution in [2.75, 3.05) is 6.54 Å². The number of hydrogen-bond donors (Lipinski definition) is 1. The third-order valence-electron chi connectivity index (χ3n) is 3.15. The van der Waals surface area contributed by atoms with E-state index in [9.17, 15) is 0 Å². The molecule has 0 spiro atoms. The van der Waals surface area contributed by atoms with Crippen LogP contribution < -0.4 is 5.73 Å². The van der Waals surface area contributed by atoms with Crippen molar-refractivity contribution in [3.8, 4) is 0 Å². The molecule has 2 N–H and O–H groups in total. The molecule has 1 aromatic carbocycles. The van der Waals surface area contributed by atoms with E-state index < -0.39 is 0 Å². The SMILES string of the molecule is Cc1ccc(C(CN)CCc2cccs2)cc1. The first-order valence-electron chi connectivity index (χ1n) is 6.08. The molecule has 0 fully saturated rings. The Morgan fingerprint density at radius 1 is 1.18 bits per heavy atom. The van der Waals surface area contributed by atoms with Gasteiger partial charge in [-0.3, -0.25) is 0 Å². The van der Waals surface area contributed by atoms with Crippen LogP contribution in [-0.2, 0) is 6.42 Å². The molecule has 1 aromatic heterocycles. The summed E-state index contributed by atoms with van der Waals surface area (Å²) in [5.74, 6) is 0.484. The zero-order valence-corrected chi connectivity index (χ0v) is 11.0. The molecule has 1 atom stereocenters. The standard InChI is InChI=1S/C15H19NS/c1-12-4-6-13(7-5-12)14(11-16)8-9-15-3-2-10-17-15/h2-7,10,14H,8-9,11,16H2,1H3. The molecule has 0 saturated carbocycles. The zero-order valence-electron chi connectivity index (χ0n) is 10.2. The quantitative estimate of drug-likeness (QED) is 0.853. The topological polar surface area (TPSA) is 26.0 Å². The number of aryl methyl sites for hydroxylation is 2. The minimum absolute atomic E-state index is 0.484. The first-order valence-corrected chi connectivity index (χ1v) is 6.96. The van der Waals surface area contributed by atoms with Crippen molar-refractivity contribution >= 4 is 11.3 Å². The van der Waals surface area contributed by atoms with Crippen molar-refractivity contribution in [3.05, 3.63) is 57.8 Å². The molecule has 0 saturated heterocycles. The van der Waals surface area contributed by atoms with Crippen molar-refractivity contribution in [1.82, 2.24) is 0 Å². The van der Waals surface area contributed by atoms with Crippen molar-refractivity contribution in [2.24, 2.45) is 5.73 Å². The van der Waals surface area contributed by atoms with Crippen LogP contribution in [0.15, 0.2) is 41.8 Å². The van der Waals surface area contributed by atoms with Crippen molar-refractivity contribution < 1.29 is 0 Å². The molecule has 1 heterocycles. The van der Waals surface area contributed by atoms with Gasteiger partial charge < -0.3 is 5.73 Å². The van der Waals surface area contributed by atoms with Crippen LogP contribution in [0.25, 0.3) is 0 Å². The van der Waals surface area contributed by atoms with E-state index in [1.165, 1.54) is 16.0 Å². The normalized spacial score (nSPS) is 12.6. The molecule has 2 aromatic rings. The number of benzene rings is 1. The highest BCUT2D eigenvalue weighted by Crippen LogP contribution is 2.22. The molecular formula is C15H19NS. The first-order chi connectivity index (χ1) is 8.29. The monoisotopic (exact) mass is 245 g/mol. The van der Waals surface area contributed by atoms with Gasteiger partial charge in [0.15, 0.2) is 0 Å². The third-order valence-corrected chi connectivity index (χ3v) is 4.09. The summed E-state index contributed by atoms with van der Waals surface area (Å²) >= 11 is 1.83. The fourth-order valence-electron chi connectivity index (χ4n) is 2.03. The molecule has 2 heteroatoms. The summed E-state index contributed by atoms with van der Waals surface area (Å²) in [6.45, 7) is 2.85. The Morgan fingerprint density at radius 3 is 2.53 bits per heavy atom. The van der Waals surface area contributed by atoms with Crippen LogP contribution >= 0.6 is 11.3 Å². The van der Waals surface area contributed by atoms with Gasteiger partial charge in [-0.1, -0.05) is 35.9 Å². The molecule has 1 unspecified atom stereocenters. The lowest BCUT2D eigenvalue weighted by molar-refractivity contribution is 0.637. The van der Waals surface area contributed by atoms with E-state index in [2.05, 4.69) is 48.7 Å². The number of nitrogens with two attached hydrogens (primary N) is 1. The van der Waals surface area contributed by atoms with E-state index in [-0.39, 0.29) is 0 Å². The predicted octanol–water partition coefficient (Wildman–Crippen LogP) is 3.73. The van der Waals surface area contributed by atoms with E-state index in [0.29, 0.717) is 5.92 Å². The molecule has 0 aliphatic heterocycles. The van der Waals surface area contributed by atoms with Crippen LogP contribution in [0.4, 0.5) is 0 Å². The van der Waals surface area contributed by atoms with E-state index >= 15 is 0 Å². The maximum atomic E-state index is 5.89. The summed E-state index contributed by atoms with van der Waals surface area (Å²) in [6, 6.07) is 13.1. The average Bonchev–Trinajstić information content (AvgIpc) is 2.85. The van der Waals surface area contributed by atoms with Crippen molar-refractivity contribution in [1.29, 1.82) is 0 Å². The largest absolute Gasteiger partial charge is 0.330 e.